The third-order valence-electron chi connectivity index (χ3n) is 4.41. The van der Waals surface area contributed by atoms with E-state index in [1.807, 2.05) is 6.92 Å². The molecule has 4 heteroatoms. The normalized spacial score (nSPS) is 18.9. The van der Waals surface area contributed by atoms with Crippen LogP contribution in [0.15, 0.2) is 18.2 Å². The molecule has 1 N–H and O–H groups in total. The van der Waals surface area contributed by atoms with Crippen molar-refractivity contribution in [3.8, 4) is 0 Å². The summed E-state index contributed by atoms with van der Waals surface area (Å²) in [6.45, 7) is 8.58. The van der Waals surface area contributed by atoms with E-state index in [1.54, 1.807) is 0 Å². The molecule has 0 amide bonds. The lowest BCUT2D eigenvalue weighted by molar-refractivity contribution is 0.190. The summed E-state index contributed by atoms with van der Waals surface area (Å²) in [6.07, 6.45) is 3.65. The maximum atomic E-state index is 13.6. The van der Waals surface area contributed by atoms with E-state index in [4.69, 9.17) is 0 Å². The van der Waals surface area contributed by atoms with Gasteiger partial charge in [-0.3, -0.25) is 0 Å². The lowest BCUT2D eigenvalue weighted by Crippen LogP contribution is -2.35. The maximum Gasteiger partial charge on any atom is 0.130 e. The Balaban J connectivity index is 1.68. The second-order valence-corrected chi connectivity index (χ2v) is 6.22. The first-order valence-electron chi connectivity index (χ1n) is 7.97. The minimum Gasteiger partial charge on any atom is -0.310 e. The van der Waals surface area contributed by atoms with E-state index in [0.717, 1.165) is 31.5 Å². The van der Waals surface area contributed by atoms with Gasteiger partial charge in [0.1, 0.15) is 11.6 Å². The number of piperidine rings is 1. The SMILES string of the molecule is CC1CCN(CCCNC(C)c2ccc(F)cc2F)CC1. The van der Waals surface area contributed by atoms with E-state index < -0.39 is 11.6 Å². The molecule has 1 aromatic carbocycles. The molecule has 1 saturated heterocycles. The van der Waals surface area contributed by atoms with Gasteiger partial charge in [-0.1, -0.05) is 13.0 Å². The van der Waals surface area contributed by atoms with Crippen LogP contribution in [0.4, 0.5) is 8.78 Å². The van der Waals surface area contributed by atoms with Crippen LogP contribution in [0.3, 0.4) is 0 Å². The number of rotatable bonds is 6. The van der Waals surface area contributed by atoms with E-state index in [1.165, 1.54) is 38.1 Å². The Labute approximate surface area is 126 Å². The van der Waals surface area contributed by atoms with Crippen LogP contribution in [0.25, 0.3) is 0 Å². The molecule has 0 bridgehead atoms. The van der Waals surface area contributed by atoms with Crippen LogP contribution in [0.5, 0.6) is 0 Å². The van der Waals surface area contributed by atoms with Gasteiger partial charge >= 0.3 is 0 Å². The molecule has 2 rings (SSSR count). The van der Waals surface area contributed by atoms with Gasteiger partial charge in [0.2, 0.25) is 0 Å². The van der Waals surface area contributed by atoms with E-state index in [-0.39, 0.29) is 6.04 Å². The van der Waals surface area contributed by atoms with Crippen molar-refractivity contribution in [3.05, 3.63) is 35.4 Å². The van der Waals surface area contributed by atoms with Gasteiger partial charge in [0, 0.05) is 17.7 Å². The Morgan fingerprint density at radius 1 is 1.29 bits per heavy atom. The second-order valence-electron chi connectivity index (χ2n) is 6.22. The van der Waals surface area contributed by atoms with Gasteiger partial charge < -0.3 is 10.2 Å². The van der Waals surface area contributed by atoms with Crippen LogP contribution >= 0.6 is 0 Å². The highest BCUT2D eigenvalue weighted by atomic mass is 19.1. The number of benzene rings is 1. The van der Waals surface area contributed by atoms with Crippen molar-refractivity contribution >= 4 is 0 Å². The van der Waals surface area contributed by atoms with Crippen molar-refractivity contribution in [2.45, 2.75) is 39.2 Å². The number of nitrogens with zero attached hydrogens (tertiary/aromatic N) is 1. The third-order valence-corrected chi connectivity index (χ3v) is 4.41. The van der Waals surface area contributed by atoms with E-state index in [0.29, 0.717) is 5.56 Å². The second kappa shape index (κ2) is 7.85. The van der Waals surface area contributed by atoms with Crippen LogP contribution in [0.1, 0.15) is 44.7 Å². The molecule has 1 atom stereocenters. The smallest absolute Gasteiger partial charge is 0.130 e. The highest BCUT2D eigenvalue weighted by Gasteiger charge is 2.15. The van der Waals surface area contributed by atoms with Gasteiger partial charge in [-0.05, 0) is 64.3 Å². The Kier molecular flexibility index (Phi) is 6.12. The molecule has 1 aliphatic heterocycles. The van der Waals surface area contributed by atoms with E-state index >= 15 is 0 Å². The molecule has 0 spiro atoms. The number of likely N-dealkylation sites (tertiary alicyclic amines) is 1. The van der Waals surface area contributed by atoms with Crippen molar-refractivity contribution in [2.24, 2.45) is 5.92 Å². The Hall–Kier alpha value is -1.00. The highest BCUT2D eigenvalue weighted by Crippen LogP contribution is 2.18. The van der Waals surface area contributed by atoms with Gasteiger partial charge in [-0.2, -0.15) is 0 Å². The molecule has 1 fully saturated rings. The summed E-state index contributed by atoms with van der Waals surface area (Å²) in [5.74, 6) is -0.136. The first-order chi connectivity index (χ1) is 10.1. The number of nitrogens with one attached hydrogen (secondary N) is 1. The van der Waals surface area contributed by atoms with Crippen molar-refractivity contribution < 1.29 is 8.78 Å². The summed E-state index contributed by atoms with van der Waals surface area (Å²) in [4.78, 5) is 2.50. The average Bonchev–Trinajstić information content (AvgIpc) is 2.45. The summed E-state index contributed by atoms with van der Waals surface area (Å²) < 4.78 is 26.5. The zero-order chi connectivity index (χ0) is 15.2. The number of hydrogen-bond donors (Lipinski definition) is 1. The van der Waals surface area contributed by atoms with E-state index in [9.17, 15) is 8.78 Å². The molecule has 0 aromatic heterocycles. The zero-order valence-electron chi connectivity index (χ0n) is 13.0. The molecular weight excluding hydrogens is 270 g/mol. The molecule has 2 nitrogen and oxygen atoms in total. The predicted octanol–water partition coefficient (Wildman–Crippen LogP) is 3.74. The lowest BCUT2D eigenvalue weighted by Gasteiger charge is -2.30. The molecule has 1 unspecified atom stereocenters. The van der Waals surface area contributed by atoms with Crippen LogP contribution in [-0.4, -0.2) is 31.1 Å². The van der Waals surface area contributed by atoms with E-state index in [2.05, 4.69) is 17.1 Å². The van der Waals surface area contributed by atoms with Crippen LogP contribution in [0, 0.1) is 17.6 Å². The Bertz CT molecular complexity index is 442. The van der Waals surface area contributed by atoms with Crippen molar-refractivity contribution in [3.63, 3.8) is 0 Å². The molecule has 0 aliphatic carbocycles. The van der Waals surface area contributed by atoms with Gasteiger partial charge in [0.05, 0.1) is 0 Å². The fourth-order valence-corrected chi connectivity index (χ4v) is 2.87. The summed E-state index contributed by atoms with van der Waals surface area (Å²) >= 11 is 0. The van der Waals surface area contributed by atoms with Crippen molar-refractivity contribution in [1.82, 2.24) is 10.2 Å². The lowest BCUT2D eigenvalue weighted by atomic mass is 9.99. The molecule has 21 heavy (non-hydrogen) atoms. The van der Waals surface area contributed by atoms with Gasteiger partial charge in [0.15, 0.2) is 0 Å². The predicted molar refractivity (Wildman–Crippen MR) is 82.2 cm³/mol. The quantitative estimate of drug-likeness (QED) is 0.805. The molecule has 1 aliphatic rings. The van der Waals surface area contributed by atoms with Crippen molar-refractivity contribution in [1.29, 1.82) is 0 Å². The fraction of sp³-hybridized carbons (Fsp3) is 0.647. The fourth-order valence-electron chi connectivity index (χ4n) is 2.87. The third kappa shape index (κ3) is 5.04. The first kappa shape index (κ1) is 16.4. The van der Waals surface area contributed by atoms with Gasteiger partial charge in [-0.25, -0.2) is 8.78 Å². The minimum atomic E-state index is -0.525. The molecule has 1 heterocycles. The Morgan fingerprint density at radius 3 is 2.67 bits per heavy atom. The topological polar surface area (TPSA) is 15.3 Å². The largest absolute Gasteiger partial charge is 0.310 e. The van der Waals surface area contributed by atoms with Crippen LogP contribution in [0.2, 0.25) is 0 Å². The summed E-state index contributed by atoms with van der Waals surface area (Å²) in [5, 5.41) is 3.32. The van der Waals surface area contributed by atoms with Gasteiger partial charge in [-0.15, -0.1) is 0 Å². The molecule has 0 saturated carbocycles. The van der Waals surface area contributed by atoms with Crippen molar-refractivity contribution in [2.75, 3.05) is 26.2 Å². The summed E-state index contributed by atoms with van der Waals surface area (Å²) in [5.41, 5.74) is 0.531. The number of halogens is 2. The highest BCUT2D eigenvalue weighted by molar-refractivity contribution is 5.21. The van der Waals surface area contributed by atoms with Crippen LogP contribution in [-0.2, 0) is 0 Å². The average molecular weight is 296 g/mol. The minimum absolute atomic E-state index is 0.0908. The maximum absolute atomic E-state index is 13.6. The molecule has 118 valence electrons. The van der Waals surface area contributed by atoms with Crippen LogP contribution < -0.4 is 5.32 Å². The monoisotopic (exact) mass is 296 g/mol. The van der Waals surface area contributed by atoms with Gasteiger partial charge in [0.25, 0.3) is 0 Å². The molecular formula is C17H26F2N2. The first-order valence-corrected chi connectivity index (χ1v) is 7.97. The molecule has 1 aromatic rings. The summed E-state index contributed by atoms with van der Waals surface area (Å²) in [7, 11) is 0. The molecule has 0 radical (unpaired) electrons. The summed E-state index contributed by atoms with van der Waals surface area (Å²) in [6, 6.07) is 3.69. The zero-order valence-corrected chi connectivity index (χ0v) is 13.0. The Morgan fingerprint density at radius 2 is 2.00 bits per heavy atom. The standard InChI is InChI=1S/C17H26F2N2/c1-13-6-10-21(11-7-13)9-3-8-20-14(2)16-5-4-15(18)12-17(16)19/h4-5,12-14,20H,3,6-11H2,1-2H3. The number of hydrogen-bond acceptors (Lipinski definition) is 2.